The number of nitrogens with zero attached hydrogens (tertiary/aromatic N) is 2. The zero-order valence-electron chi connectivity index (χ0n) is 37.8. The lowest BCUT2D eigenvalue weighted by atomic mass is 9.19. The highest BCUT2D eigenvalue weighted by molar-refractivity contribution is 6.65. The molecule has 2 saturated heterocycles. The van der Waals surface area contributed by atoms with E-state index in [9.17, 15) is 0 Å². The molecule has 7 rings (SSSR count). The van der Waals surface area contributed by atoms with Crippen LogP contribution in [-0.4, -0.2) is 52.8 Å². The third-order valence-electron chi connectivity index (χ3n) is 18.2. The molecule has 0 aromatic heterocycles. The molecule has 2 heterocycles. The van der Waals surface area contributed by atoms with Crippen molar-refractivity contribution in [3.05, 3.63) is 0 Å². The van der Waals surface area contributed by atoms with Gasteiger partial charge < -0.3 is 0 Å². The average molecular weight is 773 g/mol. The molecule has 0 amide bonds. The highest BCUT2D eigenvalue weighted by Crippen LogP contribution is 2.59. The predicted octanol–water partition coefficient (Wildman–Crippen LogP) is 16.7. The van der Waals surface area contributed by atoms with E-state index < -0.39 is 0 Å². The number of fused-ring (bicyclic) bond motifs is 4. The number of hydrogen-bond acceptors (Lipinski definition) is 2. The first-order valence-electron chi connectivity index (χ1n) is 27.5. The fourth-order valence-corrected chi connectivity index (χ4v) is 15.6. The van der Waals surface area contributed by atoms with Crippen LogP contribution in [0, 0.1) is 0 Å². The molecule has 0 spiro atoms. The maximum atomic E-state index is 3.56. The van der Waals surface area contributed by atoms with Crippen molar-refractivity contribution in [2.75, 3.05) is 0 Å². The topological polar surface area (TPSA) is 6.48 Å². The monoisotopic (exact) mass is 773 g/mol. The lowest BCUT2D eigenvalue weighted by Crippen LogP contribution is -2.71. The molecule has 6 atom stereocenters. The smallest absolute Gasteiger partial charge is 0.156 e. The van der Waals surface area contributed by atoms with Gasteiger partial charge in [-0.2, -0.15) is 0 Å². The van der Waals surface area contributed by atoms with Crippen molar-refractivity contribution in [1.29, 1.82) is 0 Å². The minimum absolute atomic E-state index is 0.866. The molecule has 7 fully saturated rings. The van der Waals surface area contributed by atoms with Crippen LogP contribution in [0.3, 0.4) is 0 Å². The Balaban J connectivity index is 1.33. The van der Waals surface area contributed by atoms with Gasteiger partial charge in [0.2, 0.25) is 0 Å². The molecule has 0 aromatic carbocycles. The molecule has 0 radical (unpaired) electrons. The van der Waals surface area contributed by atoms with Crippen LogP contribution in [0.1, 0.15) is 283 Å². The molecule has 0 bridgehead atoms. The minimum atomic E-state index is 0.866. The quantitative estimate of drug-likeness (QED) is 0.258. The average Bonchev–Trinajstić information content (AvgIpc) is 3.37. The SMILES string of the molecule is C1CCCCCC(N2C3CCCCCCCC3B3C4CCCCCCCC4N(C4CCCCCCCCCCC4)C4CCCCCCCCC2C34)CCCCC1. The molecule has 5 aliphatic carbocycles. The van der Waals surface area contributed by atoms with Gasteiger partial charge in [-0.1, -0.05) is 231 Å². The standard InChI is InChI=1S/C53H97BN2/c1-3-7-15-25-35-45(36-26-16-8-4-1)55-49-41-31-23-13-19-29-39-47(49)54-48-40-30-20-14-24-32-42-50(48)56(46-37-27-17-9-5-2-6-10-18-28-38-46)52-44-34-22-12-11-21-33-43-51(55)53(52)54/h45-53H,1-44H2. The molecule has 6 unspecified atom stereocenters. The predicted molar refractivity (Wildman–Crippen MR) is 247 cm³/mol. The van der Waals surface area contributed by atoms with Gasteiger partial charge in [0.25, 0.3) is 0 Å². The van der Waals surface area contributed by atoms with Crippen molar-refractivity contribution in [1.82, 2.24) is 9.80 Å². The Kier molecular flexibility index (Phi) is 19.7. The summed E-state index contributed by atoms with van der Waals surface area (Å²) in [5, 5.41) is 0. The van der Waals surface area contributed by atoms with Crippen molar-refractivity contribution < 1.29 is 0 Å². The summed E-state index contributed by atoms with van der Waals surface area (Å²) in [7, 11) is 0. The van der Waals surface area contributed by atoms with E-state index in [1.165, 1.54) is 231 Å². The summed E-state index contributed by atoms with van der Waals surface area (Å²) in [5.74, 6) is 2.91. The van der Waals surface area contributed by atoms with Crippen LogP contribution in [0.15, 0.2) is 0 Å². The van der Waals surface area contributed by atoms with Crippen molar-refractivity contribution in [2.24, 2.45) is 0 Å². The third kappa shape index (κ3) is 12.3. The minimum Gasteiger partial charge on any atom is -0.295 e. The second kappa shape index (κ2) is 25.0. The summed E-state index contributed by atoms with van der Waals surface area (Å²) in [5.41, 5.74) is 0. The Bertz CT molecular complexity index is 929. The summed E-state index contributed by atoms with van der Waals surface area (Å²) in [6.45, 7) is 1.02. The van der Waals surface area contributed by atoms with Crippen LogP contribution in [0.4, 0.5) is 0 Å². The van der Waals surface area contributed by atoms with Gasteiger partial charge in [0.05, 0.1) is 0 Å². The summed E-state index contributed by atoms with van der Waals surface area (Å²) in [6.07, 6.45) is 67.0. The lowest BCUT2D eigenvalue weighted by molar-refractivity contribution is -0.0288. The van der Waals surface area contributed by atoms with Crippen molar-refractivity contribution in [3.63, 3.8) is 0 Å². The molecule has 3 heteroatoms. The maximum Gasteiger partial charge on any atom is 0.156 e. The Morgan fingerprint density at radius 3 is 0.714 bits per heavy atom. The fourth-order valence-electron chi connectivity index (χ4n) is 15.6. The van der Waals surface area contributed by atoms with Crippen molar-refractivity contribution in [2.45, 2.75) is 336 Å². The normalized spacial score (nSPS) is 36.9. The second-order valence-electron chi connectivity index (χ2n) is 21.9. The summed E-state index contributed by atoms with van der Waals surface area (Å²) in [4.78, 5) is 7.12. The molecular weight excluding hydrogens is 675 g/mol. The third-order valence-corrected chi connectivity index (χ3v) is 18.2. The molecule has 0 N–H and O–H groups in total. The molecule has 0 aromatic rings. The van der Waals surface area contributed by atoms with Gasteiger partial charge in [0.1, 0.15) is 0 Å². The molecular formula is C53H97BN2. The molecule has 2 aliphatic heterocycles. The highest BCUT2D eigenvalue weighted by atomic mass is 15.3. The highest BCUT2D eigenvalue weighted by Gasteiger charge is 2.61. The van der Waals surface area contributed by atoms with Gasteiger partial charge in [-0.05, 0) is 68.8 Å². The molecule has 322 valence electrons. The maximum absolute atomic E-state index is 3.56. The van der Waals surface area contributed by atoms with Crippen LogP contribution in [0.2, 0.25) is 17.5 Å². The Morgan fingerprint density at radius 2 is 0.429 bits per heavy atom. The van der Waals surface area contributed by atoms with E-state index >= 15 is 0 Å². The van der Waals surface area contributed by atoms with E-state index in [0.717, 1.165) is 60.4 Å². The van der Waals surface area contributed by atoms with Crippen molar-refractivity contribution in [3.8, 4) is 0 Å². The zero-order chi connectivity index (χ0) is 38.0. The molecule has 2 nitrogen and oxygen atoms in total. The Morgan fingerprint density at radius 1 is 0.214 bits per heavy atom. The van der Waals surface area contributed by atoms with Gasteiger partial charge in [-0.25, -0.2) is 0 Å². The van der Waals surface area contributed by atoms with Crippen LogP contribution in [0.5, 0.6) is 0 Å². The molecule has 56 heavy (non-hydrogen) atoms. The van der Waals surface area contributed by atoms with E-state index in [2.05, 4.69) is 9.80 Å². The van der Waals surface area contributed by atoms with Crippen LogP contribution in [-0.2, 0) is 0 Å². The van der Waals surface area contributed by atoms with Gasteiger partial charge in [0, 0.05) is 36.3 Å². The van der Waals surface area contributed by atoms with Crippen LogP contribution < -0.4 is 0 Å². The fraction of sp³-hybridized carbons (Fsp3) is 1.00. The van der Waals surface area contributed by atoms with E-state index in [4.69, 9.17) is 0 Å². The van der Waals surface area contributed by atoms with E-state index in [0.29, 0.717) is 0 Å². The number of rotatable bonds is 2. The summed E-state index contributed by atoms with van der Waals surface area (Å²) >= 11 is 0. The molecule has 7 aliphatic rings. The Labute approximate surface area is 351 Å². The first-order valence-corrected chi connectivity index (χ1v) is 27.5. The largest absolute Gasteiger partial charge is 0.295 e. The van der Waals surface area contributed by atoms with Gasteiger partial charge in [-0.3, -0.25) is 9.80 Å². The van der Waals surface area contributed by atoms with E-state index in [-0.39, 0.29) is 0 Å². The van der Waals surface area contributed by atoms with E-state index in [1.807, 2.05) is 0 Å². The zero-order valence-corrected chi connectivity index (χ0v) is 37.8. The van der Waals surface area contributed by atoms with Crippen LogP contribution >= 0.6 is 0 Å². The van der Waals surface area contributed by atoms with Gasteiger partial charge in [-0.15, -0.1) is 0 Å². The van der Waals surface area contributed by atoms with Crippen molar-refractivity contribution >= 4 is 6.71 Å². The first kappa shape index (κ1) is 44.1. The Hall–Kier alpha value is -0.0151. The summed E-state index contributed by atoms with van der Waals surface area (Å²) < 4.78 is 0. The summed E-state index contributed by atoms with van der Waals surface area (Å²) in [6, 6.07) is 5.25. The van der Waals surface area contributed by atoms with Gasteiger partial charge >= 0.3 is 0 Å². The second-order valence-corrected chi connectivity index (χ2v) is 21.9. The first-order chi connectivity index (χ1) is 27.9. The van der Waals surface area contributed by atoms with E-state index in [1.54, 1.807) is 51.4 Å². The number of hydrogen-bond donors (Lipinski definition) is 0. The lowest BCUT2D eigenvalue weighted by Gasteiger charge is -2.66. The van der Waals surface area contributed by atoms with Gasteiger partial charge in [0.15, 0.2) is 6.71 Å². The molecule has 5 saturated carbocycles. The van der Waals surface area contributed by atoms with Crippen LogP contribution in [0.25, 0.3) is 0 Å².